The third-order valence-electron chi connectivity index (χ3n) is 6.69. The van der Waals surface area contributed by atoms with Crippen LogP contribution in [0.1, 0.15) is 18.2 Å². The Morgan fingerprint density at radius 2 is 1.97 bits per heavy atom. The van der Waals surface area contributed by atoms with Crippen LogP contribution in [0.25, 0.3) is 27.6 Å². The van der Waals surface area contributed by atoms with Crippen molar-refractivity contribution in [3.05, 3.63) is 84.6 Å². The van der Waals surface area contributed by atoms with Crippen LogP contribution in [0.3, 0.4) is 0 Å². The van der Waals surface area contributed by atoms with Crippen molar-refractivity contribution in [2.24, 2.45) is 0 Å². The van der Waals surface area contributed by atoms with Crippen molar-refractivity contribution >= 4 is 33.7 Å². The van der Waals surface area contributed by atoms with E-state index < -0.39 is 0 Å². The van der Waals surface area contributed by atoms with Crippen molar-refractivity contribution in [1.29, 1.82) is 0 Å². The number of nitrogens with zero attached hydrogens (tertiary/aromatic N) is 4. The maximum Gasteiger partial charge on any atom is 0.212 e. The second-order valence-electron chi connectivity index (χ2n) is 9.08. The van der Waals surface area contributed by atoms with Gasteiger partial charge in [0, 0.05) is 48.7 Å². The summed E-state index contributed by atoms with van der Waals surface area (Å²) in [4.78, 5) is 16.1. The number of pyridine rings is 3. The van der Waals surface area contributed by atoms with E-state index in [0.717, 1.165) is 52.6 Å². The zero-order valence-corrected chi connectivity index (χ0v) is 21.8. The first kappa shape index (κ1) is 25.4. The summed E-state index contributed by atoms with van der Waals surface area (Å²) in [5.74, 6) is 1.00. The van der Waals surface area contributed by atoms with Gasteiger partial charge in [-0.05, 0) is 43.2 Å². The SMILES string of the molecule is C=C/C=C(\C)c1nc2cccc(F)c2c(Nc2cc(N3CCOCC3)ncc2-c2ccc(OC)nc2)c1C. The van der Waals surface area contributed by atoms with Gasteiger partial charge in [0.2, 0.25) is 5.88 Å². The van der Waals surface area contributed by atoms with Crippen LogP contribution in [0.15, 0.2) is 67.5 Å². The van der Waals surface area contributed by atoms with E-state index in [-0.39, 0.29) is 5.82 Å². The van der Waals surface area contributed by atoms with Crippen LogP contribution in [0.5, 0.6) is 5.88 Å². The Morgan fingerprint density at radius 3 is 2.68 bits per heavy atom. The van der Waals surface area contributed by atoms with Crippen LogP contribution in [0.4, 0.5) is 21.6 Å². The molecule has 1 saturated heterocycles. The van der Waals surface area contributed by atoms with Crippen molar-refractivity contribution in [2.45, 2.75) is 13.8 Å². The molecule has 8 heteroatoms. The second kappa shape index (κ2) is 11.0. The fraction of sp³-hybridized carbons (Fsp3) is 0.233. The summed E-state index contributed by atoms with van der Waals surface area (Å²) in [7, 11) is 1.58. The van der Waals surface area contributed by atoms with Crippen molar-refractivity contribution in [1.82, 2.24) is 15.0 Å². The number of morpholine rings is 1. The van der Waals surface area contributed by atoms with E-state index in [2.05, 4.69) is 21.8 Å². The van der Waals surface area contributed by atoms with Crippen molar-refractivity contribution in [3.63, 3.8) is 0 Å². The molecule has 0 unspecified atom stereocenters. The van der Waals surface area contributed by atoms with Gasteiger partial charge in [-0.3, -0.25) is 0 Å². The topological polar surface area (TPSA) is 72.4 Å². The predicted octanol–water partition coefficient (Wildman–Crippen LogP) is 6.32. The van der Waals surface area contributed by atoms with Gasteiger partial charge < -0.3 is 19.7 Å². The van der Waals surface area contributed by atoms with Gasteiger partial charge in [-0.25, -0.2) is 19.3 Å². The van der Waals surface area contributed by atoms with Gasteiger partial charge in [0.05, 0.1) is 48.3 Å². The Balaban J connectivity index is 1.70. The standard InChI is InChI=1S/C30H30FN5O2/c1-5-7-19(2)29-20(3)30(28-23(31)8-6-9-24(28)34-29)35-25-16-26(36-12-14-38-15-13-36)32-18-22(25)21-10-11-27(37-4)33-17-21/h5-11,16-18H,1,12-15H2,2-4H3,(H,32,34,35)/b19-7+. The number of nitrogens with one attached hydrogen (secondary N) is 1. The molecule has 7 nitrogen and oxygen atoms in total. The lowest BCUT2D eigenvalue weighted by atomic mass is 10.0. The summed E-state index contributed by atoms with van der Waals surface area (Å²) in [5, 5.41) is 4.01. The van der Waals surface area contributed by atoms with Crippen molar-refractivity contribution in [3.8, 4) is 17.0 Å². The minimum absolute atomic E-state index is 0.340. The van der Waals surface area contributed by atoms with Gasteiger partial charge in [-0.15, -0.1) is 0 Å². The number of benzene rings is 1. The number of ether oxygens (including phenoxy) is 2. The highest BCUT2D eigenvalue weighted by Crippen LogP contribution is 2.39. The Labute approximate surface area is 221 Å². The maximum atomic E-state index is 15.3. The van der Waals surface area contributed by atoms with E-state index in [1.165, 1.54) is 6.07 Å². The molecule has 1 fully saturated rings. The molecule has 3 aromatic heterocycles. The van der Waals surface area contributed by atoms with Gasteiger partial charge in [0.1, 0.15) is 11.6 Å². The summed E-state index contributed by atoms with van der Waals surface area (Å²) in [6.45, 7) is 10.5. The third-order valence-corrected chi connectivity index (χ3v) is 6.69. The van der Waals surface area contributed by atoms with Crippen LogP contribution < -0.4 is 15.0 Å². The van der Waals surface area contributed by atoms with Gasteiger partial charge in [-0.1, -0.05) is 24.8 Å². The van der Waals surface area contributed by atoms with Gasteiger partial charge in [-0.2, -0.15) is 0 Å². The fourth-order valence-corrected chi connectivity index (χ4v) is 4.70. The minimum Gasteiger partial charge on any atom is -0.481 e. The predicted molar refractivity (Wildman–Crippen MR) is 151 cm³/mol. The average molecular weight is 512 g/mol. The molecule has 4 aromatic rings. The number of aromatic nitrogens is 3. The van der Waals surface area contributed by atoms with E-state index in [4.69, 9.17) is 19.4 Å². The molecule has 38 heavy (non-hydrogen) atoms. The highest BCUT2D eigenvalue weighted by atomic mass is 19.1. The molecule has 0 amide bonds. The van der Waals surface area contributed by atoms with Crippen LogP contribution in [-0.4, -0.2) is 48.4 Å². The van der Waals surface area contributed by atoms with Crippen molar-refractivity contribution < 1.29 is 13.9 Å². The Kier molecular flexibility index (Phi) is 7.33. The number of halogens is 1. The molecular formula is C30H30FN5O2. The number of anilines is 3. The first-order chi connectivity index (χ1) is 18.5. The molecule has 0 atom stereocenters. The van der Waals surface area contributed by atoms with E-state index in [1.54, 1.807) is 25.4 Å². The quantitative estimate of drug-likeness (QED) is 0.291. The van der Waals surface area contributed by atoms with E-state index in [0.29, 0.717) is 35.7 Å². The zero-order valence-electron chi connectivity index (χ0n) is 21.8. The van der Waals surface area contributed by atoms with Crippen LogP contribution in [0, 0.1) is 12.7 Å². The zero-order chi connectivity index (χ0) is 26.6. The summed E-state index contributed by atoms with van der Waals surface area (Å²) >= 11 is 0. The van der Waals surface area contributed by atoms with E-state index >= 15 is 4.39 Å². The summed E-state index contributed by atoms with van der Waals surface area (Å²) in [6.07, 6.45) is 7.21. The third kappa shape index (κ3) is 4.95. The molecule has 1 aliphatic rings. The Bertz CT molecular complexity index is 1510. The molecule has 1 N–H and O–H groups in total. The molecule has 1 aliphatic heterocycles. The molecular weight excluding hydrogens is 481 g/mol. The molecule has 5 rings (SSSR count). The van der Waals surface area contributed by atoms with E-state index in [9.17, 15) is 0 Å². The first-order valence-corrected chi connectivity index (χ1v) is 12.5. The highest BCUT2D eigenvalue weighted by molar-refractivity contribution is 5.99. The number of hydrogen-bond acceptors (Lipinski definition) is 7. The summed E-state index contributed by atoms with van der Waals surface area (Å²) in [6, 6.07) is 10.7. The smallest absolute Gasteiger partial charge is 0.212 e. The average Bonchev–Trinajstić information content (AvgIpc) is 2.95. The van der Waals surface area contributed by atoms with E-state index in [1.807, 2.05) is 50.4 Å². The number of methoxy groups -OCH3 is 1. The number of fused-ring (bicyclic) bond motifs is 1. The first-order valence-electron chi connectivity index (χ1n) is 12.5. The summed E-state index contributed by atoms with van der Waals surface area (Å²) in [5.41, 5.74) is 6.24. The lowest BCUT2D eigenvalue weighted by Gasteiger charge is -2.28. The van der Waals surface area contributed by atoms with Crippen LogP contribution in [-0.2, 0) is 4.74 Å². The van der Waals surface area contributed by atoms with Gasteiger partial charge in [0.15, 0.2) is 0 Å². The second-order valence-corrected chi connectivity index (χ2v) is 9.08. The lowest BCUT2D eigenvalue weighted by Crippen LogP contribution is -2.36. The Morgan fingerprint density at radius 1 is 1.16 bits per heavy atom. The summed E-state index contributed by atoms with van der Waals surface area (Å²) < 4.78 is 26.1. The Hall–Kier alpha value is -4.30. The molecule has 0 bridgehead atoms. The van der Waals surface area contributed by atoms with Crippen molar-refractivity contribution in [2.75, 3.05) is 43.6 Å². The number of allylic oxidation sites excluding steroid dienone is 3. The van der Waals surface area contributed by atoms with Crippen LogP contribution in [0.2, 0.25) is 0 Å². The number of rotatable bonds is 7. The largest absolute Gasteiger partial charge is 0.481 e. The molecule has 4 heterocycles. The minimum atomic E-state index is -0.340. The van der Waals surface area contributed by atoms with Crippen LogP contribution >= 0.6 is 0 Å². The normalized spacial score (nSPS) is 14.0. The molecule has 0 spiro atoms. The van der Waals surface area contributed by atoms with Gasteiger partial charge in [0.25, 0.3) is 0 Å². The molecule has 194 valence electrons. The van der Waals surface area contributed by atoms with Gasteiger partial charge >= 0.3 is 0 Å². The lowest BCUT2D eigenvalue weighted by molar-refractivity contribution is 0.122. The maximum absolute atomic E-state index is 15.3. The fourth-order valence-electron chi connectivity index (χ4n) is 4.70. The highest BCUT2D eigenvalue weighted by Gasteiger charge is 2.20. The molecule has 0 aliphatic carbocycles. The monoisotopic (exact) mass is 511 g/mol. The molecule has 0 radical (unpaired) electrons. The molecule has 1 aromatic carbocycles. The molecule has 0 saturated carbocycles. The number of hydrogen-bond donors (Lipinski definition) is 1.